The summed E-state index contributed by atoms with van der Waals surface area (Å²) < 4.78 is 0. The van der Waals surface area contributed by atoms with Crippen LogP contribution in [0, 0.1) is 0 Å². The standard InChI is InChI=1S/C18H13NO2/c20-18(21)14-8-10-16(11-9-14)19-12-15-6-3-5-13-4-1-2-7-17(13)15/h1-12H,(H,20,21)/b19-12+. The third kappa shape index (κ3) is 2.82. The van der Waals surface area contributed by atoms with Crippen molar-refractivity contribution in [2.75, 3.05) is 0 Å². The highest BCUT2D eigenvalue weighted by atomic mass is 16.4. The highest BCUT2D eigenvalue weighted by Gasteiger charge is 2.01. The fraction of sp³-hybridized carbons (Fsp3) is 0. The summed E-state index contributed by atoms with van der Waals surface area (Å²) >= 11 is 0. The fourth-order valence-electron chi connectivity index (χ4n) is 2.20. The predicted octanol–water partition coefficient (Wildman–Crippen LogP) is 4.29. The topological polar surface area (TPSA) is 49.7 Å². The summed E-state index contributed by atoms with van der Waals surface area (Å²) in [6.45, 7) is 0. The molecule has 0 saturated heterocycles. The van der Waals surface area contributed by atoms with Gasteiger partial charge in [-0.3, -0.25) is 4.99 Å². The molecule has 3 aromatic rings. The van der Waals surface area contributed by atoms with Gasteiger partial charge in [0.25, 0.3) is 0 Å². The Morgan fingerprint density at radius 3 is 2.38 bits per heavy atom. The van der Waals surface area contributed by atoms with Gasteiger partial charge in [0.05, 0.1) is 11.3 Å². The number of fused-ring (bicyclic) bond motifs is 1. The third-order valence-corrected chi connectivity index (χ3v) is 3.29. The number of carboxylic acids is 1. The molecule has 0 heterocycles. The Morgan fingerprint density at radius 2 is 1.62 bits per heavy atom. The van der Waals surface area contributed by atoms with E-state index >= 15 is 0 Å². The van der Waals surface area contributed by atoms with Crippen LogP contribution >= 0.6 is 0 Å². The molecule has 0 aliphatic carbocycles. The van der Waals surface area contributed by atoms with Crippen molar-refractivity contribution in [1.82, 2.24) is 0 Å². The third-order valence-electron chi connectivity index (χ3n) is 3.29. The van der Waals surface area contributed by atoms with Gasteiger partial charge in [0.2, 0.25) is 0 Å². The van der Waals surface area contributed by atoms with Crippen molar-refractivity contribution >= 4 is 28.6 Å². The summed E-state index contributed by atoms with van der Waals surface area (Å²) in [5, 5.41) is 11.2. The van der Waals surface area contributed by atoms with Crippen LogP contribution in [-0.2, 0) is 0 Å². The van der Waals surface area contributed by atoms with E-state index in [4.69, 9.17) is 5.11 Å². The van der Waals surface area contributed by atoms with E-state index in [-0.39, 0.29) is 5.56 Å². The monoisotopic (exact) mass is 275 g/mol. The van der Waals surface area contributed by atoms with Gasteiger partial charge >= 0.3 is 5.97 Å². The molecular weight excluding hydrogens is 262 g/mol. The summed E-state index contributed by atoms with van der Waals surface area (Å²) in [7, 11) is 0. The molecule has 3 nitrogen and oxygen atoms in total. The van der Waals surface area contributed by atoms with E-state index < -0.39 is 5.97 Å². The smallest absolute Gasteiger partial charge is 0.335 e. The van der Waals surface area contributed by atoms with Gasteiger partial charge in [0.1, 0.15) is 0 Å². The first kappa shape index (κ1) is 13.1. The highest BCUT2D eigenvalue weighted by Crippen LogP contribution is 2.18. The average Bonchev–Trinajstić information content (AvgIpc) is 2.53. The zero-order valence-electron chi connectivity index (χ0n) is 11.2. The van der Waals surface area contributed by atoms with E-state index in [0.717, 1.165) is 16.6 Å². The summed E-state index contributed by atoms with van der Waals surface area (Å²) in [6, 6.07) is 20.7. The first-order chi connectivity index (χ1) is 10.2. The molecule has 0 fully saturated rings. The molecule has 0 amide bonds. The number of carboxylic acid groups (broad SMARTS) is 1. The number of nitrogens with zero attached hydrogens (tertiary/aromatic N) is 1. The van der Waals surface area contributed by atoms with Crippen LogP contribution in [0.2, 0.25) is 0 Å². The van der Waals surface area contributed by atoms with Crippen LogP contribution in [0.5, 0.6) is 0 Å². The molecule has 0 saturated carbocycles. The number of rotatable bonds is 3. The van der Waals surface area contributed by atoms with E-state index in [1.807, 2.05) is 24.3 Å². The molecule has 0 atom stereocenters. The predicted molar refractivity (Wildman–Crippen MR) is 84.6 cm³/mol. The van der Waals surface area contributed by atoms with Crippen LogP contribution in [0.4, 0.5) is 5.69 Å². The Kier molecular flexibility index (Phi) is 3.48. The molecule has 0 radical (unpaired) electrons. The minimum absolute atomic E-state index is 0.263. The lowest BCUT2D eigenvalue weighted by atomic mass is 10.1. The molecule has 3 rings (SSSR count). The van der Waals surface area contributed by atoms with Crippen molar-refractivity contribution in [3.05, 3.63) is 77.9 Å². The molecule has 0 aromatic heterocycles. The van der Waals surface area contributed by atoms with E-state index in [1.165, 1.54) is 5.39 Å². The van der Waals surface area contributed by atoms with Gasteiger partial charge in [-0.15, -0.1) is 0 Å². The van der Waals surface area contributed by atoms with Crippen LogP contribution < -0.4 is 0 Å². The molecule has 3 aromatic carbocycles. The molecular formula is C18H13NO2. The second-order valence-corrected chi connectivity index (χ2v) is 4.68. The lowest BCUT2D eigenvalue weighted by Crippen LogP contribution is -1.94. The molecule has 21 heavy (non-hydrogen) atoms. The zero-order chi connectivity index (χ0) is 14.7. The fourth-order valence-corrected chi connectivity index (χ4v) is 2.20. The zero-order valence-corrected chi connectivity index (χ0v) is 11.2. The van der Waals surface area contributed by atoms with E-state index in [9.17, 15) is 4.79 Å². The van der Waals surface area contributed by atoms with Crippen LogP contribution in [0.1, 0.15) is 15.9 Å². The first-order valence-corrected chi connectivity index (χ1v) is 6.59. The number of hydrogen-bond acceptors (Lipinski definition) is 2. The second kappa shape index (κ2) is 5.59. The second-order valence-electron chi connectivity index (χ2n) is 4.68. The van der Waals surface area contributed by atoms with Gasteiger partial charge in [-0.2, -0.15) is 0 Å². The number of aromatic carboxylic acids is 1. The van der Waals surface area contributed by atoms with Crippen molar-refractivity contribution in [3.8, 4) is 0 Å². The van der Waals surface area contributed by atoms with Crippen LogP contribution in [-0.4, -0.2) is 17.3 Å². The number of aliphatic imine (C=N–C) groups is 1. The number of hydrogen-bond donors (Lipinski definition) is 1. The Hall–Kier alpha value is -2.94. The van der Waals surface area contributed by atoms with E-state index in [0.29, 0.717) is 0 Å². The van der Waals surface area contributed by atoms with Crippen molar-refractivity contribution < 1.29 is 9.90 Å². The van der Waals surface area contributed by atoms with Gasteiger partial charge in [-0.05, 0) is 35.0 Å². The highest BCUT2D eigenvalue weighted by molar-refractivity contribution is 6.00. The summed E-state index contributed by atoms with van der Waals surface area (Å²) in [4.78, 5) is 15.2. The summed E-state index contributed by atoms with van der Waals surface area (Å²) in [6.07, 6.45) is 1.80. The maximum atomic E-state index is 10.8. The maximum Gasteiger partial charge on any atom is 0.335 e. The minimum Gasteiger partial charge on any atom is -0.478 e. The molecule has 102 valence electrons. The molecule has 0 aliphatic rings. The van der Waals surface area contributed by atoms with Crippen molar-refractivity contribution in [3.63, 3.8) is 0 Å². The van der Waals surface area contributed by atoms with Crippen molar-refractivity contribution in [1.29, 1.82) is 0 Å². The number of carbonyl (C=O) groups is 1. The summed E-state index contributed by atoms with van der Waals surface area (Å²) in [5.74, 6) is -0.931. The quantitative estimate of drug-likeness (QED) is 0.725. The SMILES string of the molecule is O=C(O)c1ccc(/N=C/c2cccc3ccccc23)cc1. The van der Waals surface area contributed by atoms with Gasteiger partial charge in [-0.25, -0.2) is 4.79 Å². The normalized spacial score (nSPS) is 11.0. The average molecular weight is 275 g/mol. The van der Waals surface area contributed by atoms with Crippen molar-refractivity contribution in [2.24, 2.45) is 4.99 Å². The molecule has 1 N–H and O–H groups in total. The van der Waals surface area contributed by atoms with Crippen LogP contribution in [0.15, 0.2) is 71.7 Å². The Morgan fingerprint density at radius 1 is 0.905 bits per heavy atom. The largest absolute Gasteiger partial charge is 0.478 e. The molecule has 3 heteroatoms. The van der Waals surface area contributed by atoms with Crippen LogP contribution in [0.3, 0.4) is 0 Å². The number of benzene rings is 3. The van der Waals surface area contributed by atoms with E-state index in [2.05, 4.69) is 23.2 Å². The first-order valence-electron chi connectivity index (χ1n) is 6.59. The van der Waals surface area contributed by atoms with E-state index in [1.54, 1.807) is 30.5 Å². The van der Waals surface area contributed by atoms with Crippen molar-refractivity contribution in [2.45, 2.75) is 0 Å². The molecule has 0 bridgehead atoms. The van der Waals surface area contributed by atoms with Crippen LogP contribution in [0.25, 0.3) is 10.8 Å². The lowest BCUT2D eigenvalue weighted by Gasteiger charge is -2.01. The minimum atomic E-state index is -0.931. The van der Waals surface area contributed by atoms with Gasteiger partial charge in [0, 0.05) is 11.8 Å². The lowest BCUT2D eigenvalue weighted by molar-refractivity contribution is 0.0697. The molecule has 0 unspecified atom stereocenters. The Balaban J connectivity index is 1.92. The van der Waals surface area contributed by atoms with Gasteiger partial charge in [-0.1, -0.05) is 42.5 Å². The molecule has 0 spiro atoms. The maximum absolute atomic E-state index is 10.8. The Bertz CT molecular complexity index is 815. The van der Waals surface area contributed by atoms with Gasteiger partial charge < -0.3 is 5.11 Å². The Labute approximate surface area is 122 Å². The summed E-state index contributed by atoms with van der Waals surface area (Å²) in [5.41, 5.74) is 2.03. The molecule has 0 aliphatic heterocycles. The van der Waals surface area contributed by atoms with Gasteiger partial charge in [0.15, 0.2) is 0 Å².